The molecule has 1 fully saturated rings. The van der Waals surface area contributed by atoms with Gasteiger partial charge in [-0.2, -0.15) is 0 Å². The van der Waals surface area contributed by atoms with Crippen LogP contribution in [-0.4, -0.2) is 51.7 Å². The second kappa shape index (κ2) is 6.73. The lowest BCUT2D eigenvalue weighted by Gasteiger charge is -2.08. The lowest BCUT2D eigenvalue weighted by Crippen LogP contribution is -2.43. The number of hydrogen-bond donors (Lipinski definition) is 4. The van der Waals surface area contributed by atoms with Gasteiger partial charge in [0.15, 0.2) is 5.69 Å². The number of carboxylic acids is 1. The van der Waals surface area contributed by atoms with Crippen molar-refractivity contribution < 1.29 is 19.5 Å². The molecule has 1 aliphatic rings. The number of carboxylic acid groups (broad SMARTS) is 1. The molecule has 3 amide bonds. The van der Waals surface area contributed by atoms with Crippen molar-refractivity contribution in [3.05, 3.63) is 18.2 Å². The fourth-order valence-electron chi connectivity index (χ4n) is 1.62. The molecule has 1 saturated carbocycles. The highest BCUT2D eigenvalue weighted by Gasteiger charge is 2.23. The largest absolute Gasteiger partial charge is 0.476 e. The van der Waals surface area contributed by atoms with E-state index in [0.29, 0.717) is 13.1 Å². The summed E-state index contributed by atoms with van der Waals surface area (Å²) >= 11 is 0. The number of aromatic carboxylic acids is 1. The van der Waals surface area contributed by atoms with Crippen molar-refractivity contribution in [2.75, 3.05) is 13.1 Å². The molecule has 9 heteroatoms. The SMILES string of the molecule is O=C(CNC(=O)NCCn1cnc(C(=O)O)c1)NC1CC1. The van der Waals surface area contributed by atoms with Crippen LogP contribution in [0.1, 0.15) is 23.3 Å². The summed E-state index contributed by atoms with van der Waals surface area (Å²) in [6, 6.07) is -0.174. The number of hydrogen-bond acceptors (Lipinski definition) is 4. The number of rotatable bonds is 7. The van der Waals surface area contributed by atoms with E-state index < -0.39 is 12.0 Å². The van der Waals surface area contributed by atoms with Crippen molar-refractivity contribution in [1.29, 1.82) is 0 Å². The fourth-order valence-corrected chi connectivity index (χ4v) is 1.62. The third-order valence-electron chi connectivity index (χ3n) is 2.86. The Balaban J connectivity index is 1.59. The Morgan fingerprint density at radius 3 is 2.71 bits per heavy atom. The maximum Gasteiger partial charge on any atom is 0.356 e. The van der Waals surface area contributed by atoms with Crippen molar-refractivity contribution in [3.63, 3.8) is 0 Å². The van der Waals surface area contributed by atoms with Crippen LogP contribution in [0.5, 0.6) is 0 Å². The van der Waals surface area contributed by atoms with Crippen LogP contribution in [0.2, 0.25) is 0 Å². The zero-order valence-corrected chi connectivity index (χ0v) is 11.3. The van der Waals surface area contributed by atoms with E-state index in [1.165, 1.54) is 12.5 Å². The van der Waals surface area contributed by atoms with E-state index in [2.05, 4.69) is 20.9 Å². The zero-order chi connectivity index (χ0) is 15.2. The number of nitrogens with one attached hydrogen (secondary N) is 3. The molecule has 21 heavy (non-hydrogen) atoms. The molecule has 0 spiro atoms. The molecule has 1 aliphatic carbocycles. The van der Waals surface area contributed by atoms with E-state index in [1.54, 1.807) is 4.57 Å². The summed E-state index contributed by atoms with van der Waals surface area (Å²) < 4.78 is 1.56. The first kappa shape index (κ1) is 14.8. The Hall–Kier alpha value is -2.58. The van der Waals surface area contributed by atoms with Gasteiger partial charge < -0.3 is 25.6 Å². The molecule has 0 aliphatic heterocycles. The molecule has 4 N–H and O–H groups in total. The second-order valence-corrected chi connectivity index (χ2v) is 4.75. The molecule has 0 saturated heterocycles. The average Bonchev–Trinajstić information content (AvgIpc) is 3.11. The molecule has 9 nitrogen and oxygen atoms in total. The molecule has 0 atom stereocenters. The van der Waals surface area contributed by atoms with Gasteiger partial charge in [0.25, 0.3) is 0 Å². The van der Waals surface area contributed by atoms with E-state index in [0.717, 1.165) is 12.8 Å². The van der Waals surface area contributed by atoms with E-state index in [9.17, 15) is 14.4 Å². The van der Waals surface area contributed by atoms with Gasteiger partial charge in [0.1, 0.15) is 0 Å². The summed E-state index contributed by atoms with van der Waals surface area (Å²) in [7, 11) is 0. The quantitative estimate of drug-likeness (QED) is 0.522. The van der Waals surface area contributed by atoms with Crippen LogP contribution in [0.3, 0.4) is 0 Å². The van der Waals surface area contributed by atoms with Crippen LogP contribution in [0.25, 0.3) is 0 Å². The van der Waals surface area contributed by atoms with Gasteiger partial charge >= 0.3 is 12.0 Å². The van der Waals surface area contributed by atoms with Crippen LogP contribution in [0.15, 0.2) is 12.5 Å². The molecule has 0 bridgehead atoms. The minimum atomic E-state index is -1.10. The summed E-state index contributed by atoms with van der Waals surface area (Å²) in [4.78, 5) is 37.1. The minimum absolute atomic E-state index is 0.0452. The number of urea groups is 1. The number of aromatic nitrogens is 2. The van der Waals surface area contributed by atoms with Gasteiger partial charge in [-0.3, -0.25) is 4.79 Å². The standard InChI is InChI=1S/C12H17N5O4/c18-10(16-8-1-2-8)5-14-12(21)13-3-4-17-6-9(11(19)20)15-7-17/h6-8H,1-5H2,(H,16,18)(H,19,20)(H2,13,14,21). The summed E-state index contributed by atoms with van der Waals surface area (Å²) in [5.74, 6) is -1.30. The predicted molar refractivity (Wildman–Crippen MR) is 71.8 cm³/mol. The highest BCUT2D eigenvalue weighted by molar-refractivity contribution is 5.85. The Morgan fingerprint density at radius 1 is 1.33 bits per heavy atom. The molecule has 1 aromatic heterocycles. The van der Waals surface area contributed by atoms with Gasteiger partial charge in [-0.25, -0.2) is 14.6 Å². The van der Waals surface area contributed by atoms with E-state index in [1.807, 2.05) is 0 Å². The van der Waals surface area contributed by atoms with E-state index in [-0.39, 0.29) is 24.2 Å². The lowest BCUT2D eigenvalue weighted by molar-refractivity contribution is -0.120. The lowest BCUT2D eigenvalue weighted by atomic mass is 10.5. The first-order valence-corrected chi connectivity index (χ1v) is 6.60. The topological polar surface area (TPSA) is 125 Å². The third kappa shape index (κ3) is 5.13. The van der Waals surface area contributed by atoms with Gasteiger partial charge in [-0.1, -0.05) is 0 Å². The van der Waals surface area contributed by atoms with E-state index in [4.69, 9.17) is 5.11 Å². The monoisotopic (exact) mass is 295 g/mol. The van der Waals surface area contributed by atoms with Gasteiger partial charge in [-0.05, 0) is 12.8 Å². The van der Waals surface area contributed by atoms with E-state index >= 15 is 0 Å². The average molecular weight is 295 g/mol. The molecule has 2 rings (SSSR count). The minimum Gasteiger partial charge on any atom is -0.476 e. The highest BCUT2D eigenvalue weighted by Crippen LogP contribution is 2.18. The Labute approximate surface area is 120 Å². The molecule has 0 radical (unpaired) electrons. The molecule has 1 aromatic rings. The molecule has 0 aromatic carbocycles. The third-order valence-corrected chi connectivity index (χ3v) is 2.86. The first-order chi connectivity index (χ1) is 10.0. The highest BCUT2D eigenvalue weighted by atomic mass is 16.4. The van der Waals surface area contributed by atoms with Crippen molar-refractivity contribution in [3.8, 4) is 0 Å². The maximum atomic E-state index is 11.4. The number of carbonyl (C=O) groups is 3. The smallest absolute Gasteiger partial charge is 0.356 e. The second-order valence-electron chi connectivity index (χ2n) is 4.75. The maximum absolute atomic E-state index is 11.4. The summed E-state index contributed by atoms with van der Waals surface area (Å²) in [5, 5.41) is 16.5. The van der Waals surface area contributed by atoms with Gasteiger partial charge in [0.2, 0.25) is 5.91 Å². The molecule has 114 valence electrons. The van der Waals surface area contributed by atoms with Crippen LogP contribution in [0, 0.1) is 0 Å². The van der Waals surface area contributed by atoms with Crippen LogP contribution < -0.4 is 16.0 Å². The van der Waals surface area contributed by atoms with Gasteiger partial charge in [-0.15, -0.1) is 0 Å². The number of imidazole rings is 1. The molecule has 1 heterocycles. The van der Waals surface area contributed by atoms with Crippen LogP contribution in [0.4, 0.5) is 4.79 Å². The molecular weight excluding hydrogens is 278 g/mol. The Kier molecular flexibility index (Phi) is 4.75. The van der Waals surface area contributed by atoms with Crippen molar-refractivity contribution in [1.82, 2.24) is 25.5 Å². The fraction of sp³-hybridized carbons (Fsp3) is 0.500. The van der Waals surface area contributed by atoms with Crippen LogP contribution >= 0.6 is 0 Å². The first-order valence-electron chi connectivity index (χ1n) is 6.60. The zero-order valence-electron chi connectivity index (χ0n) is 11.3. The number of carbonyl (C=O) groups excluding carboxylic acids is 2. The van der Waals surface area contributed by atoms with Crippen LogP contribution in [-0.2, 0) is 11.3 Å². The summed E-state index contributed by atoms with van der Waals surface area (Å²) in [6.45, 7) is 0.629. The summed E-state index contributed by atoms with van der Waals surface area (Å²) in [6.07, 6.45) is 4.76. The van der Waals surface area contributed by atoms with Crippen molar-refractivity contribution >= 4 is 17.9 Å². The normalized spacial score (nSPS) is 13.5. The summed E-state index contributed by atoms with van der Waals surface area (Å²) in [5.41, 5.74) is -0.0452. The van der Waals surface area contributed by atoms with Gasteiger partial charge in [0.05, 0.1) is 12.9 Å². The molecular formula is C12H17N5O4. The molecule has 0 unspecified atom stereocenters. The Morgan fingerprint density at radius 2 is 2.10 bits per heavy atom. The van der Waals surface area contributed by atoms with Gasteiger partial charge in [0, 0.05) is 25.3 Å². The van der Waals surface area contributed by atoms with Crippen molar-refractivity contribution in [2.45, 2.75) is 25.4 Å². The number of amides is 3. The van der Waals surface area contributed by atoms with Crippen molar-refractivity contribution in [2.24, 2.45) is 0 Å². The Bertz CT molecular complexity index is 538. The predicted octanol–water partition coefficient (Wildman–Crippen LogP) is -0.841. The number of nitrogens with zero attached hydrogens (tertiary/aromatic N) is 2.